The largest absolute Gasteiger partial charge is 0.493 e. The van der Waals surface area contributed by atoms with E-state index in [1.54, 1.807) is 0 Å². The van der Waals surface area contributed by atoms with Crippen molar-refractivity contribution in [1.82, 2.24) is 0 Å². The molecule has 0 radical (unpaired) electrons. The van der Waals surface area contributed by atoms with Gasteiger partial charge in [-0.15, -0.1) is 10.1 Å². The van der Waals surface area contributed by atoms with Crippen LogP contribution in [0.3, 0.4) is 0 Å². The van der Waals surface area contributed by atoms with Gasteiger partial charge in [-0.1, -0.05) is 48.6 Å². The molecule has 0 unspecified atom stereocenters. The normalized spacial score (nSPS) is 11.5. The van der Waals surface area contributed by atoms with Gasteiger partial charge in [0.1, 0.15) is 11.5 Å². The van der Waals surface area contributed by atoms with Crippen LogP contribution in [-0.4, -0.2) is 34.5 Å². The molecule has 0 bridgehead atoms. The van der Waals surface area contributed by atoms with E-state index < -0.39 is 15.8 Å². The molecule has 0 aliphatic carbocycles. The lowest BCUT2D eigenvalue weighted by molar-refractivity contribution is 0.338. The summed E-state index contributed by atoms with van der Waals surface area (Å²) in [5.74, 6) is 2.63. The molecular formula is C16H21O4PS2. The molecule has 0 fully saturated rings. The molecule has 2 rings (SSSR count). The Bertz CT molecular complexity index is 588. The second-order valence-corrected chi connectivity index (χ2v) is 13.0. The van der Waals surface area contributed by atoms with Gasteiger partial charge < -0.3 is 19.3 Å². The average Bonchev–Trinajstić information content (AvgIpc) is 2.54. The van der Waals surface area contributed by atoms with Crippen LogP contribution in [0.25, 0.3) is 0 Å². The lowest BCUT2D eigenvalue weighted by atomic mass is 10.3. The van der Waals surface area contributed by atoms with E-state index in [0.29, 0.717) is 24.7 Å². The highest BCUT2D eigenvalue weighted by atomic mass is 32.9. The maximum atomic E-state index is 9.90. The number of benzene rings is 2. The second-order valence-electron chi connectivity index (χ2n) is 4.71. The van der Waals surface area contributed by atoms with Crippen molar-refractivity contribution < 1.29 is 19.3 Å². The molecule has 126 valence electrons. The Morgan fingerprint density at radius 2 is 1.17 bits per heavy atom. The highest BCUT2D eigenvalue weighted by molar-refractivity contribution is 8.65. The molecule has 0 saturated heterocycles. The molecule has 7 heteroatoms. The Labute approximate surface area is 144 Å². The first-order chi connectivity index (χ1) is 11.1. The smallest absolute Gasteiger partial charge is 0.199 e. The maximum absolute atomic E-state index is 9.90. The first kappa shape index (κ1) is 18.4. The van der Waals surface area contributed by atoms with Gasteiger partial charge in [-0.2, -0.15) is 0 Å². The van der Waals surface area contributed by atoms with Crippen LogP contribution in [-0.2, 0) is 10.1 Å². The first-order valence-electron chi connectivity index (χ1n) is 7.17. The van der Waals surface area contributed by atoms with Crippen molar-refractivity contribution in [3.05, 3.63) is 60.7 Å². The molecule has 4 nitrogen and oxygen atoms in total. The van der Waals surface area contributed by atoms with Crippen LogP contribution < -0.4 is 9.47 Å². The summed E-state index contributed by atoms with van der Waals surface area (Å²) >= 11 is 3.99. The highest BCUT2D eigenvalue weighted by Gasteiger charge is 2.12. The van der Waals surface area contributed by atoms with Crippen molar-refractivity contribution in [2.75, 3.05) is 24.7 Å². The summed E-state index contributed by atoms with van der Waals surface area (Å²) < 4.78 is 11.2. The molecule has 2 aromatic rings. The van der Waals surface area contributed by atoms with Crippen molar-refractivity contribution in [2.24, 2.45) is 0 Å². The fourth-order valence-electron chi connectivity index (χ4n) is 1.89. The lowest BCUT2D eigenvalue weighted by Gasteiger charge is -2.17. The van der Waals surface area contributed by atoms with E-state index in [1.165, 1.54) is 0 Å². The number of hydrogen-bond donors (Lipinski definition) is 3. The Hall–Kier alpha value is -0.910. The topological polar surface area (TPSA) is 58.9 Å². The van der Waals surface area contributed by atoms with Crippen molar-refractivity contribution in [2.45, 2.75) is 0 Å². The Kier molecular flexibility index (Phi) is 7.53. The zero-order valence-electron chi connectivity index (χ0n) is 12.6. The van der Waals surface area contributed by atoms with Crippen molar-refractivity contribution in [3.8, 4) is 11.5 Å². The number of hydrogen-bond acceptors (Lipinski definition) is 2. The Morgan fingerprint density at radius 1 is 0.783 bits per heavy atom. The van der Waals surface area contributed by atoms with E-state index >= 15 is 0 Å². The molecule has 23 heavy (non-hydrogen) atoms. The molecule has 0 aliphatic rings. The van der Waals surface area contributed by atoms with E-state index in [1.807, 2.05) is 60.7 Å². The third kappa shape index (κ3) is 7.02. The van der Waals surface area contributed by atoms with Gasteiger partial charge in [0, 0.05) is 11.5 Å². The van der Waals surface area contributed by atoms with Gasteiger partial charge >= 0.3 is 0 Å². The standard InChI is InChI=1S/C16H21O4PS2/c17-21(18,22)23(13-11-19-15-7-3-1-4-8-15)14-12-20-16-9-5-2-6-10-16/h1-10,17-18,22H,11-14H2. The van der Waals surface area contributed by atoms with Crippen LogP contribution in [0.4, 0.5) is 0 Å². The van der Waals surface area contributed by atoms with Crippen LogP contribution in [0, 0.1) is 0 Å². The van der Waals surface area contributed by atoms with Crippen LogP contribution in [0.15, 0.2) is 60.7 Å². The van der Waals surface area contributed by atoms with Crippen LogP contribution in [0.5, 0.6) is 11.5 Å². The average molecular weight is 372 g/mol. The van der Waals surface area contributed by atoms with Gasteiger partial charge in [0.2, 0.25) is 0 Å². The minimum atomic E-state index is -3.21. The van der Waals surface area contributed by atoms with Gasteiger partial charge in [-0.25, -0.2) is 0 Å². The van der Waals surface area contributed by atoms with Crippen LogP contribution in [0.2, 0.25) is 0 Å². The number of rotatable bonds is 8. The van der Waals surface area contributed by atoms with E-state index in [9.17, 15) is 9.79 Å². The summed E-state index contributed by atoms with van der Waals surface area (Å²) in [7, 11) is -0.653. The summed E-state index contributed by atoms with van der Waals surface area (Å²) in [6, 6.07) is 18.9. The minimum Gasteiger partial charge on any atom is -0.493 e. The fraction of sp³-hybridized carbons (Fsp3) is 0.250. The molecule has 0 atom stereocenters. The second kappa shape index (κ2) is 9.40. The molecule has 0 heterocycles. The van der Waals surface area contributed by atoms with Gasteiger partial charge in [0.25, 0.3) is 0 Å². The Balaban J connectivity index is 1.83. The summed E-state index contributed by atoms with van der Waals surface area (Å²) in [6.07, 6.45) is 0. The van der Waals surface area contributed by atoms with Crippen molar-refractivity contribution >= 4 is 28.0 Å². The minimum absolute atomic E-state index is 0.419. The molecule has 0 aromatic heterocycles. The molecule has 0 spiro atoms. The van der Waals surface area contributed by atoms with Gasteiger partial charge in [-0.3, -0.25) is 0 Å². The third-order valence-electron chi connectivity index (χ3n) is 3.01. The SMILES string of the molecule is OP(O)(S)=S(CCOc1ccccc1)CCOc1ccccc1. The zero-order valence-corrected chi connectivity index (χ0v) is 15.2. The fourth-order valence-corrected chi connectivity index (χ4v) is 6.52. The van der Waals surface area contributed by atoms with Gasteiger partial charge in [-0.05, 0) is 24.3 Å². The van der Waals surface area contributed by atoms with E-state index in [0.717, 1.165) is 11.5 Å². The summed E-state index contributed by atoms with van der Waals surface area (Å²) in [4.78, 5) is 19.8. The van der Waals surface area contributed by atoms with E-state index in [-0.39, 0.29) is 0 Å². The third-order valence-corrected chi connectivity index (χ3v) is 10.2. The van der Waals surface area contributed by atoms with E-state index in [4.69, 9.17) is 9.47 Å². The summed E-state index contributed by atoms with van der Waals surface area (Å²) in [6.45, 7) is 0.837. The molecule has 0 aliphatic heterocycles. The predicted octanol–water partition coefficient (Wildman–Crippen LogP) is 3.35. The molecular weight excluding hydrogens is 351 g/mol. The molecule has 2 aromatic carbocycles. The van der Waals surface area contributed by atoms with E-state index in [2.05, 4.69) is 12.2 Å². The highest BCUT2D eigenvalue weighted by Crippen LogP contribution is 2.47. The van der Waals surface area contributed by atoms with Gasteiger partial charge in [0.15, 0.2) is 5.69 Å². The summed E-state index contributed by atoms with van der Waals surface area (Å²) in [5.41, 5.74) is -3.21. The number of ether oxygens (including phenoxy) is 2. The van der Waals surface area contributed by atoms with Crippen molar-refractivity contribution in [3.63, 3.8) is 0 Å². The molecule has 0 amide bonds. The van der Waals surface area contributed by atoms with Crippen LogP contribution in [0.1, 0.15) is 0 Å². The molecule has 0 saturated carbocycles. The van der Waals surface area contributed by atoms with Crippen molar-refractivity contribution in [1.29, 1.82) is 0 Å². The zero-order chi connectivity index (χ0) is 16.5. The monoisotopic (exact) mass is 372 g/mol. The quantitative estimate of drug-likeness (QED) is 0.491. The lowest BCUT2D eigenvalue weighted by Crippen LogP contribution is -2.16. The van der Waals surface area contributed by atoms with Crippen LogP contribution >= 0.6 is 17.9 Å². The first-order valence-corrected chi connectivity index (χ1v) is 12.2. The number of thiol groups is 1. The molecule has 2 N–H and O–H groups in total. The predicted molar refractivity (Wildman–Crippen MR) is 101 cm³/mol. The maximum Gasteiger partial charge on any atom is 0.199 e. The number of para-hydroxylation sites is 2. The Morgan fingerprint density at radius 3 is 1.52 bits per heavy atom. The summed E-state index contributed by atoms with van der Waals surface area (Å²) in [5, 5.41) is 0. The van der Waals surface area contributed by atoms with Gasteiger partial charge in [0.05, 0.1) is 13.2 Å².